The van der Waals surface area contributed by atoms with Crippen LogP contribution in [-0.4, -0.2) is 50.4 Å². The van der Waals surface area contributed by atoms with Gasteiger partial charge in [0.05, 0.1) is 30.0 Å². The smallest absolute Gasteiger partial charge is 0.417 e. The average Bonchev–Trinajstić information content (AvgIpc) is 3.22. The number of hydrogen-bond acceptors (Lipinski definition) is 7. The molecule has 0 bridgehead atoms. The molecule has 0 saturated carbocycles. The van der Waals surface area contributed by atoms with E-state index in [-0.39, 0.29) is 29.5 Å². The molecular weight excluding hydrogens is 462 g/mol. The third-order valence-electron chi connectivity index (χ3n) is 5.78. The molecule has 1 atom stereocenters. The number of amides is 1. The number of methoxy groups -OCH3 is 1. The van der Waals surface area contributed by atoms with Gasteiger partial charge >= 0.3 is 5.76 Å². The highest BCUT2D eigenvalue weighted by Gasteiger charge is 2.33. The largest absolute Gasteiger partial charge is 0.493 e. The van der Waals surface area contributed by atoms with Gasteiger partial charge in [0.15, 0.2) is 17.1 Å². The summed E-state index contributed by atoms with van der Waals surface area (Å²) in [5, 5.41) is 2.90. The van der Waals surface area contributed by atoms with Gasteiger partial charge in [-0.05, 0) is 49.6 Å². The Bertz CT molecular complexity index is 1350. The van der Waals surface area contributed by atoms with Gasteiger partial charge in [0.25, 0.3) is 0 Å². The number of aromatic amines is 1. The molecule has 1 amide bonds. The summed E-state index contributed by atoms with van der Waals surface area (Å²) in [4.78, 5) is 26.7. The molecule has 0 unspecified atom stereocenters. The van der Waals surface area contributed by atoms with Crippen LogP contribution in [0.25, 0.3) is 11.1 Å². The molecule has 10 nitrogen and oxygen atoms in total. The summed E-state index contributed by atoms with van der Waals surface area (Å²) in [7, 11) is -2.30. The van der Waals surface area contributed by atoms with E-state index in [4.69, 9.17) is 13.9 Å². The number of piperidine rings is 1. The summed E-state index contributed by atoms with van der Waals surface area (Å²) in [5.74, 6) is -0.115. The van der Waals surface area contributed by atoms with E-state index in [1.807, 2.05) is 13.0 Å². The average molecular weight is 490 g/mol. The molecule has 2 N–H and O–H groups in total. The van der Waals surface area contributed by atoms with Crippen molar-refractivity contribution in [3.05, 3.63) is 52.5 Å². The van der Waals surface area contributed by atoms with Gasteiger partial charge in [0, 0.05) is 25.7 Å². The molecule has 1 aliphatic heterocycles. The van der Waals surface area contributed by atoms with Crippen molar-refractivity contribution in [1.29, 1.82) is 0 Å². The summed E-state index contributed by atoms with van der Waals surface area (Å²) in [6, 6.07) is 9.69. The van der Waals surface area contributed by atoms with Gasteiger partial charge in [-0.1, -0.05) is 6.07 Å². The third kappa shape index (κ3) is 4.95. The molecule has 0 spiro atoms. The number of oxazole rings is 1. The van der Waals surface area contributed by atoms with Crippen molar-refractivity contribution in [2.24, 2.45) is 5.92 Å². The van der Waals surface area contributed by atoms with Crippen molar-refractivity contribution in [2.75, 3.05) is 26.8 Å². The van der Waals surface area contributed by atoms with Crippen molar-refractivity contribution < 1.29 is 27.1 Å². The predicted molar refractivity (Wildman–Crippen MR) is 124 cm³/mol. The predicted octanol–water partition coefficient (Wildman–Crippen LogP) is 2.25. The zero-order valence-electron chi connectivity index (χ0n) is 19.0. The number of rotatable bonds is 8. The Hall–Kier alpha value is -3.31. The first-order chi connectivity index (χ1) is 16.3. The first kappa shape index (κ1) is 23.8. The lowest BCUT2D eigenvalue weighted by Gasteiger charge is -2.31. The van der Waals surface area contributed by atoms with E-state index in [1.54, 1.807) is 19.2 Å². The summed E-state index contributed by atoms with van der Waals surface area (Å²) >= 11 is 0. The summed E-state index contributed by atoms with van der Waals surface area (Å²) in [6.45, 7) is 3.08. The number of benzene rings is 2. The molecule has 4 rings (SSSR count). The van der Waals surface area contributed by atoms with Crippen molar-refractivity contribution in [2.45, 2.75) is 31.2 Å². The van der Waals surface area contributed by atoms with Crippen LogP contribution in [-0.2, 0) is 21.4 Å². The van der Waals surface area contributed by atoms with Gasteiger partial charge < -0.3 is 19.2 Å². The lowest BCUT2D eigenvalue weighted by Crippen LogP contribution is -2.45. The highest BCUT2D eigenvalue weighted by molar-refractivity contribution is 7.89. The zero-order chi connectivity index (χ0) is 24.3. The number of nitrogens with one attached hydrogen (secondary N) is 2. The number of H-pyrrole nitrogens is 1. The molecule has 1 aromatic heterocycles. The van der Waals surface area contributed by atoms with E-state index in [2.05, 4.69) is 10.3 Å². The minimum atomic E-state index is -3.85. The molecule has 1 aliphatic rings. The van der Waals surface area contributed by atoms with Crippen LogP contribution in [0.2, 0.25) is 0 Å². The van der Waals surface area contributed by atoms with E-state index >= 15 is 0 Å². The molecule has 34 heavy (non-hydrogen) atoms. The first-order valence-corrected chi connectivity index (χ1v) is 12.5. The van der Waals surface area contributed by atoms with Crippen molar-refractivity contribution in [3.63, 3.8) is 0 Å². The SMILES string of the molecule is CCOc1ccc(CNC(=O)[C@@H]2CCCN(S(=O)(=O)c3ccc4[nH]c(=O)oc4c3)C2)cc1OC. The molecular formula is C23H27N3O7S. The summed E-state index contributed by atoms with van der Waals surface area (Å²) < 4.78 is 43.5. The van der Waals surface area contributed by atoms with Crippen LogP contribution in [0.3, 0.4) is 0 Å². The maximum Gasteiger partial charge on any atom is 0.417 e. The minimum absolute atomic E-state index is 0.0188. The first-order valence-electron chi connectivity index (χ1n) is 11.0. The van der Waals surface area contributed by atoms with E-state index in [9.17, 15) is 18.0 Å². The fourth-order valence-corrected chi connectivity index (χ4v) is 5.58. The van der Waals surface area contributed by atoms with Gasteiger partial charge in [-0.15, -0.1) is 0 Å². The normalized spacial score (nSPS) is 16.9. The number of hydrogen-bond donors (Lipinski definition) is 2. The highest BCUT2D eigenvalue weighted by Crippen LogP contribution is 2.29. The fourth-order valence-electron chi connectivity index (χ4n) is 4.04. The van der Waals surface area contributed by atoms with Crippen LogP contribution in [0.15, 0.2) is 50.5 Å². The molecule has 2 aromatic carbocycles. The van der Waals surface area contributed by atoms with Crippen LogP contribution in [0.5, 0.6) is 11.5 Å². The Morgan fingerprint density at radius 3 is 2.82 bits per heavy atom. The number of carbonyl (C=O) groups is 1. The maximum absolute atomic E-state index is 13.2. The molecule has 1 fully saturated rings. The Labute approximate surface area is 196 Å². The fraction of sp³-hybridized carbons (Fsp3) is 0.391. The van der Waals surface area contributed by atoms with Gasteiger partial charge in [-0.3, -0.25) is 9.78 Å². The lowest BCUT2D eigenvalue weighted by molar-refractivity contribution is -0.126. The number of sulfonamides is 1. The maximum atomic E-state index is 13.2. The Kier molecular flexibility index (Phi) is 6.94. The van der Waals surface area contributed by atoms with Crippen molar-refractivity contribution in [1.82, 2.24) is 14.6 Å². The summed E-state index contributed by atoms with van der Waals surface area (Å²) in [5.41, 5.74) is 1.43. The van der Waals surface area contributed by atoms with Gasteiger partial charge in [0.2, 0.25) is 15.9 Å². The van der Waals surface area contributed by atoms with Crippen LogP contribution in [0, 0.1) is 5.92 Å². The van der Waals surface area contributed by atoms with E-state index in [0.29, 0.717) is 43.0 Å². The quantitative estimate of drug-likeness (QED) is 0.496. The minimum Gasteiger partial charge on any atom is -0.493 e. The molecule has 2 heterocycles. The van der Waals surface area contributed by atoms with Crippen LogP contribution in [0.4, 0.5) is 0 Å². The zero-order valence-corrected chi connectivity index (χ0v) is 19.8. The van der Waals surface area contributed by atoms with Crippen LogP contribution >= 0.6 is 0 Å². The van der Waals surface area contributed by atoms with E-state index in [0.717, 1.165) is 5.56 Å². The third-order valence-corrected chi connectivity index (χ3v) is 7.64. The highest BCUT2D eigenvalue weighted by atomic mass is 32.2. The molecule has 1 saturated heterocycles. The summed E-state index contributed by atoms with van der Waals surface area (Å²) in [6.07, 6.45) is 1.16. The topological polar surface area (TPSA) is 131 Å². The van der Waals surface area contributed by atoms with Gasteiger partial charge in [0.1, 0.15) is 0 Å². The van der Waals surface area contributed by atoms with Crippen molar-refractivity contribution >= 4 is 27.0 Å². The standard InChI is InChI=1S/C23H27N3O7S/c1-3-32-19-9-6-15(11-21(19)31-2)13-24-22(27)16-5-4-10-26(14-16)34(29,30)17-7-8-18-20(12-17)33-23(28)25-18/h6-9,11-12,16H,3-5,10,13-14H2,1-2H3,(H,24,27)(H,25,28)/t16-/m1/s1. The number of nitrogens with zero attached hydrogens (tertiary/aromatic N) is 1. The number of carbonyl (C=O) groups excluding carboxylic acids is 1. The second kappa shape index (κ2) is 9.90. The monoisotopic (exact) mass is 489 g/mol. The van der Waals surface area contributed by atoms with Crippen LogP contribution in [0.1, 0.15) is 25.3 Å². The number of ether oxygens (including phenoxy) is 2. The Morgan fingerprint density at radius 1 is 1.24 bits per heavy atom. The van der Waals surface area contributed by atoms with E-state index in [1.165, 1.54) is 22.5 Å². The molecule has 182 valence electrons. The molecule has 3 aromatic rings. The second-order valence-electron chi connectivity index (χ2n) is 8.01. The Morgan fingerprint density at radius 2 is 2.06 bits per heavy atom. The van der Waals surface area contributed by atoms with Gasteiger partial charge in [-0.25, -0.2) is 13.2 Å². The molecule has 11 heteroatoms. The molecule has 0 aliphatic carbocycles. The molecule has 0 radical (unpaired) electrons. The lowest BCUT2D eigenvalue weighted by atomic mass is 9.98. The Balaban J connectivity index is 1.42. The van der Waals surface area contributed by atoms with Gasteiger partial charge in [-0.2, -0.15) is 4.31 Å². The second-order valence-corrected chi connectivity index (χ2v) is 9.95. The van der Waals surface area contributed by atoms with Crippen LogP contribution < -0.4 is 20.5 Å². The van der Waals surface area contributed by atoms with E-state index < -0.39 is 21.7 Å². The number of fused-ring (bicyclic) bond motifs is 1. The van der Waals surface area contributed by atoms with Crippen molar-refractivity contribution in [3.8, 4) is 11.5 Å². The number of aromatic nitrogens is 1.